The van der Waals surface area contributed by atoms with Crippen LogP contribution in [0.2, 0.25) is 0 Å². The van der Waals surface area contributed by atoms with E-state index < -0.39 is 0 Å². The molecule has 62 heavy (non-hydrogen) atoms. The van der Waals surface area contributed by atoms with Crippen molar-refractivity contribution in [3.05, 3.63) is 173 Å². The number of nitrogens with zero attached hydrogens (tertiary/aromatic N) is 5. The topological polar surface area (TPSA) is 185 Å². The minimum atomic E-state index is -0.167. The number of benzene rings is 4. The molecular formula is C49H74Mo2N5O6-. The Morgan fingerprint density at radius 2 is 0.613 bits per heavy atom. The van der Waals surface area contributed by atoms with Crippen LogP contribution in [0.25, 0.3) is 5.32 Å². The summed E-state index contributed by atoms with van der Waals surface area (Å²) in [4.78, 5) is 0. The van der Waals surface area contributed by atoms with Crippen molar-refractivity contribution in [2.24, 2.45) is 17.4 Å². The summed E-state index contributed by atoms with van der Waals surface area (Å²) in [5.74, 6) is 0. The third-order valence-electron chi connectivity index (χ3n) is 5.12. The molecule has 0 saturated heterocycles. The van der Waals surface area contributed by atoms with E-state index in [2.05, 4.69) is 22.7 Å². The van der Waals surface area contributed by atoms with Crippen molar-refractivity contribution in [2.75, 3.05) is 6.54 Å². The van der Waals surface area contributed by atoms with Gasteiger partial charge in [-0.05, 0) is 83.1 Å². The fourth-order valence-electron chi connectivity index (χ4n) is 3.40. The van der Waals surface area contributed by atoms with Crippen LogP contribution in [0.5, 0.6) is 0 Å². The van der Waals surface area contributed by atoms with E-state index in [1.807, 2.05) is 140 Å². The summed E-state index contributed by atoms with van der Waals surface area (Å²) in [5, 5.41) is 60.7. The van der Waals surface area contributed by atoms with Crippen LogP contribution in [-0.2, 0) is 39.3 Å². The molecule has 0 atom stereocenters. The van der Waals surface area contributed by atoms with Gasteiger partial charge in [0.1, 0.15) is 0 Å². The molecule has 1 aliphatic rings. The van der Waals surface area contributed by atoms with Gasteiger partial charge in [0.05, 0.1) is 0 Å². The zero-order chi connectivity index (χ0) is 48.1. The quantitative estimate of drug-likeness (QED) is 0.0634. The first-order chi connectivity index (χ1) is 29.2. The molecule has 11 nitrogen and oxygen atoms in total. The van der Waals surface area contributed by atoms with Crippen LogP contribution in [0.3, 0.4) is 0 Å². The summed E-state index contributed by atoms with van der Waals surface area (Å²) < 4.78 is 7.77. The molecule has 0 amide bonds. The van der Waals surface area contributed by atoms with E-state index in [0.717, 1.165) is 40.2 Å². The Balaban J connectivity index is -0.000000335. The van der Waals surface area contributed by atoms with Crippen LogP contribution in [0.4, 0.5) is 0 Å². The Morgan fingerprint density at radius 3 is 0.726 bits per heavy atom. The van der Waals surface area contributed by atoms with Crippen LogP contribution in [0, 0.1) is 0 Å². The second-order valence-corrected chi connectivity index (χ2v) is 15.0. The van der Waals surface area contributed by atoms with Crippen molar-refractivity contribution >= 4 is 11.4 Å². The molecule has 0 aliphatic carbocycles. The first-order valence-corrected chi connectivity index (χ1v) is 22.1. The van der Waals surface area contributed by atoms with Crippen LogP contribution >= 0.6 is 0 Å². The second-order valence-electron chi connectivity index (χ2n) is 14.2. The molecule has 4 aromatic rings. The third-order valence-corrected chi connectivity index (χ3v) is 5.52. The van der Waals surface area contributed by atoms with Gasteiger partial charge < -0.3 is 36.0 Å². The van der Waals surface area contributed by atoms with Gasteiger partial charge in [-0.25, -0.2) is 0 Å². The van der Waals surface area contributed by atoms with Crippen LogP contribution in [0.1, 0.15) is 105 Å². The average molecular weight is 1020 g/mol. The summed E-state index contributed by atoms with van der Waals surface area (Å²) in [7, 11) is 0. The van der Waals surface area contributed by atoms with Gasteiger partial charge in [-0.1, -0.05) is 12.2 Å². The van der Waals surface area contributed by atoms with Crippen LogP contribution < -0.4 is 0 Å². The Labute approximate surface area is 396 Å². The molecule has 1 aliphatic heterocycles. The first kappa shape index (κ1) is 64.9. The summed E-state index contributed by atoms with van der Waals surface area (Å²) in [6, 6.07) is 40.3. The predicted octanol–water partition coefficient (Wildman–Crippen LogP) is 10.1. The van der Waals surface area contributed by atoms with Gasteiger partial charge in [-0.15, -0.1) is 12.6 Å². The Kier molecular flexibility index (Phi) is 48.9. The van der Waals surface area contributed by atoms with Crippen molar-refractivity contribution in [3.63, 3.8) is 0 Å². The Morgan fingerprint density at radius 1 is 0.403 bits per heavy atom. The van der Waals surface area contributed by atoms with E-state index in [1.54, 1.807) is 129 Å². The van der Waals surface area contributed by atoms with E-state index in [9.17, 15) is 0 Å². The van der Waals surface area contributed by atoms with E-state index in [4.69, 9.17) is 30.6 Å². The van der Waals surface area contributed by atoms with E-state index >= 15 is 0 Å². The van der Waals surface area contributed by atoms with E-state index in [-0.39, 0.29) is 36.6 Å². The number of allylic oxidation sites excluding steroid dienone is 2. The minimum absolute atomic E-state index is 0.167. The van der Waals surface area contributed by atoms with Crippen molar-refractivity contribution < 1.29 is 69.9 Å². The fourth-order valence-corrected chi connectivity index (χ4v) is 3.80. The molecule has 13 heteroatoms. The van der Waals surface area contributed by atoms with Gasteiger partial charge >= 0.3 is 212 Å². The number of hydrogen-bond donors (Lipinski definition) is 6. The number of rotatable bonds is 6. The summed E-state index contributed by atoms with van der Waals surface area (Å²) in [5.41, 5.74) is 6.15. The molecule has 6 N–H and O–H groups in total. The molecular weight excluding hydrogens is 946 g/mol. The maximum absolute atomic E-state index is 8.06. The standard InChI is InChI=1S/2C13H10N2.C5H6N.6C3H8O.2Mo/c2*14-15-13(11-7-3-1-4-8-11)12-9-5-2-6-10-12;1-2-4-6-5-3-1;6*1-3(2)4;;/h2*1-10H;1-4H,5H2;6*3-4H,1-2H3;;/q;;-1;;;;;;;;. The second kappa shape index (κ2) is 46.7. The zero-order valence-electron chi connectivity index (χ0n) is 38.8. The van der Waals surface area contributed by atoms with Crippen molar-refractivity contribution in [1.29, 1.82) is 0 Å². The molecule has 0 unspecified atom stereocenters. The third kappa shape index (κ3) is 54.3. The van der Waals surface area contributed by atoms with E-state index in [1.165, 1.54) is 0 Å². The van der Waals surface area contributed by atoms with Crippen LogP contribution in [-0.4, -0.2) is 85.2 Å². The van der Waals surface area contributed by atoms with Gasteiger partial charge in [0.2, 0.25) is 0 Å². The summed E-state index contributed by atoms with van der Waals surface area (Å²) in [6.45, 7) is 21.5. The molecule has 0 spiro atoms. The summed E-state index contributed by atoms with van der Waals surface area (Å²) >= 11 is 3.23. The molecule has 344 valence electrons. The molecule has 5 rings (SSSR count). The van der Waals surface area contributed by atoms with Crippen LogP contribution in [0.15, 0.2) is 163 Å². The first-order valence-electron chi connectivity index (χ1n) is 20.3. The molecule has 1 heterocycles. The van der Waals surface area contributed by atoms with Gasteiger partial charge in [0.15, 0.2) is 0 Å². The Hall–Kier alpha value is -3.76. The molecule has 0 aromatic heterocycles. The number of aliphatic hydroxyl groups is 6. The average Bonchev–Trinajstić information content (AvgIpc) is 3.20. The summed E-state index contributed by atoms with van der Waals surface area (Å²) in [6.07, 6.45) is 6.73. The van der Waals surface area contributed by atoms with Gasteiger partial charge in [-0.2, -0.15) is 6.20 Å². The van der Waals surface area contributed by atoms with Crippen molar-refractivity contribution in [3.8, 4) is 0 Å². The maximum atomic E-state index is 8.06. The molecule has 0 bridgehead atoms. The monoisotopic (exact) mass is 1020 g/mol. The fraction of sp³-hybridized carbons (Fsp3) is 0.388. The number of hydrogen-bond acceptors (Lipinski definition) is 10. The van der Waals surface area contributed by atoms with Crippen molar-refractivity contribution in [1.82, 2.24) is 0 Å². The predicted molar refractivity (Wildman–Crippen MR) is 253 cm³/mol. The molecule has 0 saturated carbocycles. The Bertz CT molecular complexity index is 1430. The number of aliphatic hydroxyl groups excluding tert-OH is 6. The molecule has 0 radical (unpaired) electrons. The normalized spacial score (nSPS) is 10.1. The molecule has 4 aromatic carbocycles. The zero-order valence-corrected chi connectivity index (χ0v) is 42.8. The van der Waals surface area contributed by atoms with Crippen molar-refractivity contribution in [2.45, 2.75) is 120 Å². The van der Waals surface area contributed by atoms with Gasteiger partial charge in [0, 0.05) is 36.6 Å². The van der Waals surface area contributed by atoms with Gasteiger partial charge in [0.25, 0.3) is 0 Å². The van der Waals surface area contributed by atoms with Gasteiger partial charge in [-0.3, -0.25) is 0 Å². The van der Waals surface area contributed by atoms with E-state index in [0.29, 0.717) is 0 Å². The SMILES string of the molecule is C1=CC[N-]C=C1.CC(C)O.CC(C)O.CC(C)O.CC(C)O.CC(C)O.CC(C)O.[Mo]=[N]N=C(c1ccccc1)c1ccccc1.[Mo]=[N]N=C(c1ccccc1)c1ccccc1. The molecule has 0 fully saturated rings.